The first kappa shape index (κ1) is 26.8. The van der Waals surface area contributed by atoms with E-state index in [-0.39, 0.29) is 24.0 Å². The van der Waals surface area contributed by atoms with E-state index in [1.54, 1.807) is 6.08 Å². The van der Waals surface area contributed by atoms with Crippen LogP contribution < -0.4 is 0 Å². The van der Waals surface area contributed by atoms with Crippen molar-refractivity contribution in [1.29, 1.82) is 0 Å². The first-order valence-corrected chi connectivity index (χ1v) is 13.1. The third kappa shape index (κ3) is 5.13. The van der Waals surface area contributed by atoms with E-state index in [9.17, 15) is 14.3 Å². The fourth-order valence-electron chi connectivity index (χ4n) is 5.98. The first-order valence-electron chi connectivity index (χ1n) is 13.1. The van der Waals surface area contributed by atoms with Gasteiger partial charge in [0, 0.05) is 59.3 Å². The molecule has 1 spiro atoms. The minimum Gasteiger partial charge on any atom is -0.394 e. The zero-order valence-corrected chi connectivity index (χ0v) is 22.1. The fraction of sp³-hybridized carbons (Fsp3) is 0.387. The number of H-pyrrole nitrogens is 1. The van der Waals surface area contributed by atoms with Crippen molar-refractivity contribution in [1.82, 2.24) is 14.8 Å². The van der Waals surface area contributed by atoms with Crippen LogP contribution in [0.5, 0.6) is 0 Å². The molecule has 3 heterocycles. The van der Waals surface area contributed by atoms with Gasteiger partial charge >= 0.3 is 0 Å². The molecule has 4 rings (SSSR count). The van der Waals surface area contributed by atoms with E-state index < -0.39 is 5.83 Å². The van der Waals surface area contributed by atoms with Crippen molar-refractivity contribution < 1.29 is 14.3 Å². The molecule has 2 aliphatic rings. The number of benzene rings is 1. The molecular formula is C31H38FN3O2. The van der Waals surface area contributed by atoms with E-state index in [0.717, 1.165) is 29.4 Å². The molecule has 1 amide bonds. The summed E-state index contributed by atoms with van der Waals surface area (Å²) in [7, 11) is 0. The van der Waals surface area contributed by atoms with Gasteiger partial charge in [-0.3, -0.25) is 9.69 Å². The number of aliphatic hydroxyl groups excluding tert-OH is 1. The van der Waals surface area contributed by atoms with Crippen LogP contribution in [0.1, 0.15) is 50.9 Å². The van der Waals surface area contributed by atoms with Gasteiger partial charge in [-0.2, -0.15) is 0 Å². The molecule has 0 bridgehead atoms. The molecule has 1 aromatic carbocycles. The highest BCUT2D eigenvalue weighted by molar-refractivity contribution is 5.96. The average Bonchev–Trinajstić information content (AvgIpc) is 3.30. The third-order valence-corrected chi connectivity index (χ3v) is 7.84. The zero-order chi connectivity index (χ0) is 26.6. The van der Waals surface area contributed by atoms with Gasteiger partial charge in [0.05, 0.1) is 12.6 Å². The number of amides is 1. The Morgan fingerprint density at radius 1 is 1.22 bits per heavy atom. The number of hydrogen-bond acceptors (Lipinski definition) is 3. The zero-order valence-electron chi connectivity index (χ0n) is 22.1. The lowest BCUT2D eigenvalue weighted by atomic mass is 9.68. The fourth-order valence-corrected chi connectivity index (χ4v) is 5.98. The van der Waals surface area contributed by atoms with Gasteiger partial charge in [0.25, 0.3) is 5.91 Å². The lowest BCUT2D eigenvalue weighted by molar-refractivity contribution is -0.128. The SMILES string of the molecule is C=C(F)/C(=C\C=C/C)CN1CC2(CCN(C(=O)C(/C=C\C)=C/C)CC2)c2c([nH]c3ccccc23)C1CO. The predicted molar refractivity (Wildman–Crippen MR) is 149 cm³/mol. The van der Waals surface area contributed by atoms with E-state index >= 15 is 0 Å². The van der Waals surface area contributed by atoms with Gasteiger partial charge in [-0.25, -0.2) is 4.39 Å². The number of para-hydroxylation sites is 1. The second-order valence-electron chi connectivity index (χ2n) is 10.0. The number of fused-ring (bicyclic) bond motifs is 4. The summed E-state index contributed by atoms with van der Waals surface area (Å²) in [6.45, 7) is 11.5. The van der Waals surface area contributed by atoms with Gasteiger partial charge in [0.2, 0.25) is 0 Å². The first-order chi connectivity index (χ1) is 17.9. The van der Waals surface area contributed by atoms with Crippen LogP contribution in [0, 0.1) is 0 Å². The molecular weight excluding hydrogens is 465 g/mol. The molecule has 1 fully saturated rings. The summed E-state index contributed by atoms with van der Waals surface area (Å²) in [6, 6.07) is 7.97. The van der Waals surface area contributed by atoms with Crippen LogP contribution >= 0.6 is 0 Å². The molecule has 0 saturated carbocycles. The molecule has 2 aromatic rings. The molecule has 1 saturated heterocycles. The summed E-state index contributed by atoms with van der Waals surface area (Å²) in [5.74, 6) is -0.407. The summed E-state index contributed by atoms with van der Waals surface area (Å²) in [5, 5.41) is 11.7. The molecule has 1 atom stereocenters. The Bertz CT molecular complexity index is 1270. The van der Waals surface area contributed by atoms with Crippen molar-refractivity contribution in [3.63, 3.8) is 0 Å². The summed E-state index contributed by atoms with van der Waals surface area (Å²) in [6.07, 6.45) is 12.6. The quantitative estimate of drug-likeness (QED) is 0.366. The highest BCUT2D eigenvalue weighted by Gasteiger charge is 2.47. The van der Waals surface area contributed by atoms with Gasteiger partial charge in [-0.1, -0.05) is 61.2 Å². The molecule has 2 aliphatic heterocycles. The van der Waals surface area contributed by atoms with Crippen molar-refractivity contribution >= 4 is 16.8 Å². The summed E-state index contributed by atoms with van der Waals surface area (Å²) < 4.78 is 14.4. The molecule has 1 unspecified atom stereocenters. The molecule has 0 radical (unpaired) electrons. The van der Waals surface area contributed by atoms with Crippen molar-refractivity contribution in [3.05, 3.63) is 95.5 Å². The highest BCUT2D eigenvalue weighted by Crippen LogP contribution is 2.49. The standard InChI is InChI=1S/C31H38FN3O2/c1-5-8-12-24(22(4)32)19-35-21-31(15-17-34(18-16-31)30(37)23(7-3)11-6-2)28-25-13-9-10-14-26(25)33-29(28)27(35)20-36/h5-14,27,33,36H,4,15-21H2,1-3H3/b8-5-,11-6-,23-7+,24-12-. The van der Waals surface area contributed by atoms with Crippen LogP contribution in [-0.2, 0) is 10.2 Å². The number of nitrogens with zero attached hydrogens (tertiary/aromatic N) is 2. The van der Waals surface area contributed by atoms with E-state index in [1.165, 1.54) is 5.56 Å². The number of aromatic amines is 1. The second kappa shape index (κ2) is 11.4. The van der Waals surface area contributed by atoms with E-state index in [1.807, 2.05) is 68.2 Å². The predicted octanol–water partition coefficient (Wildman–Crippen LogP) is 5.89. The van der Waals surface area contributed by atoms with Crippen molar-refractivity contribution in [3.8, 4) is 0 Å². The maximum Gasteiger partial charge on any atom is 0.253 e. The Hall–Kier alpha value is -3.22. The monoisotopic (exact) mass is 503 g/mol. The summed E-state index contributed by atoms with van der Waals surface area (Å²) >= 11 is 0. The molecule has 5 nitrogen and oxygen atoms in total. The van der Waals surface area contributed by atoms with E-state index in [2.05, 4.69) is 28.6 Å². The number of carbonyl (C=O) groups is 1. The van der Waals surface area contributed by atoms with E-state index in [0.29, 0.717) is 37.3 Å². The summed E-state index contributed by atoms with van der Waals surface area (Å²) in [5.41, 5.74) is 4.25. The van der Waals surface area contributed by atoms with Crippen LogP contribution in [0.25, 0.3) is 10.9 Å². The van der Waals surface area contributed by atoms with Gasteiger partial charge in [-0.15, -0.1) is 0 Å². The van der Waals surface area contributed by atoms with Gasteiger partial charge in [0.1, 0.15) is 5.83 Å². The number of allylic oxidation sites excluding steroid dienone is 5. The lowest BCUT2D eigenvalue weighted by Crippen LogP contribution is -2.55. The Morgan fingerprint density at radius 3 is 2.57 bits per heavy atom. The number of likely N-dealkylation sites (tertiary alicyclic amines) is 1. The number of nitrogens with one attached hydrogen (secondary N) is 1. The Morgan fingerprint density at radius 2 is 1.95 bits per heavy atom. The van der Waals surface area contributed by atoms with Crippen LogP contribution in [0.15, 0.2) is 84.3 Å². The maximum absolute atomic E-state index is 14.4. The molecule has 6 heteroatoms. The van der Waals surface area contributed by atoms with Gasteiger partial charge < -0.3 is 15.0 Å². The highest BCUT2D eigenvalue weighted by atomic mass is 19.1. The minimum absolute atomic E-state index is 0.0563. The average molecular weight is 504 g/mol. The van der Waals surface area contributed by atoms with Gasteiger partial charge in [-0.05, 0) is 45.2 Å². The second-order valence-corrected chi connectivity index (χ2v) is 10.0. The Labute approximate surface area is 219 Å². The summed E-state index contributed by atoms with van der Waals surface area (Å²) in [4.78, 5) is 20.9. The number of hydrogen-bond donors (Lipinski definition) is 2. The minimum atomic E-state index is -0.463. The smallest absolute Gasteiger partial charge is 0.253 e. The molecule has 0 aliphatic carbocycles. The molecule has 1 aromatic heterocycles. The Kier molecular flexibility index (Phi) is 8.30. The Balaban J connectivity index is 1.74. The third-order valence-electron chi connectivity index (χ3n) is 7.84. The normalized spacial score (nSPS) is 20.9. The van der Waals surface area contributed by atoms with Crippen molar-refractivity contribution in [2.24, 2.45) is 0 Å². The van der Waals surface area contributed by atoms with Crippen LogP contribution in [0.2, 0.25) is 0 Å². The van der Waals surface area contributed by atoms with Crippen molar-refractivity contribution in [2.45, 2.75) is 45.1 Å². The molecule has 196 valence electrons. The van der Waals surface area contributed by atoms with Crippen LogP contribution in [0.3, 0.4) is 0 Å². The number of halogens is 1. The number of aromatic nitrogens is 1. The van der Waals surface area contributed by atoms with Crippen molar-refractivity contribution in [2.75, 3.05) is 32.8 Å². The van der Waals surface area contributed by atoms with Gasteiger partial charge in [0.15, 0.2) is 0 Å². The van der Waals surface area contributed by atoms with E-state index in [4.69, 9.17) is 0 Å². The van der Waals surface area contributed by atoms with Crippen LogP contribution in [-0.4, -0.2) is 58.6 Å². The number of piperidine rings is 1. The maximum atomic E-state index is 14.4. The van der Waals surface area contributed by atoms with Crippen LogP contribution in [0.4, 0.5) is 4.39 Å². The number of rotatable bonds is 7. The number of carbonyl (C=O) groups excluding carboxylic acids is 1. The lowest BCUT2D eigenvalue weighted by Gasteiger charge is -2.50. The largest absolute Gasteiger partial charge is 0.394 e. The number of aliphatic hydroxyl groups is 1. The molecule has 37 heavy (non-hydrogen) atoms. The molecule has 2 N–H and O–H groups in total. The topological polar surface area (TPSA) is 59.6 Å².